The summed E-state index contributed by atoms with van der Waals surface area (Å²) >= 11 is 1.73. The summed E-state index contributed by atoms with van der Waals surface area (Å²) in [5.74, 6) is -1.70. The third kappa shape index (κ3) is 6.14. The maximum Gasteiger partial charge on any atom is 0.490 e. The molecule has 0 spiro atoms. The van der Waals surface area contributed by atoms with Crippen LogP contribution in [-0.4, -0.2) is 64.3 Å². The van der Waals surface area contributed by atoms with Crippen molar-refractivity contribution in [1.82, 2.24) is 19.9 Å². The molecule has 0 bridgehead atoms. The summed E-state index contributed by atoms with van der Waals surface area (Å²) in [6.07, 6.45) is 0.478. The number of carbonyl (C=O) groups is 1. The van der Waals surface area contributed by atoms with Crippen molar-refractivity contribution in [2.24, 2.45) is 0 Å². The van der Waals surface area contributed by atoms with Gasteiger partial charge in [-0.05, 0) is 6.42 Å². The largest absolute Gasteiger partial charge is 0.490 e. The summed E-state index contributed by atoms with van der Waals surface area (Å²) in [5.41, 5.74) is 2.50. The molecule has 2 aromatic heterocycles. The van der Waals surface area contributed by atoms with Gasteiger partial charge in [0, 0.05) is 50.7 Å². The Morgan fingerprint density at radius 1 is 1.26 bits per heavy atom. The number of hydrogen-bond donors (Lipinski definition) is 1. The van der Waals surface area contributed by atoms with E-state index >= 15 is 0 Å². The van der Waals surface area contributed by atoms with Gasteiger partial charge in [0.05, 0.1) is 12.2 Å². The van der Waals surface area contributed by atoms with Crippen molar-refractivity contribution in [2.75, 3.05) is 32.1 Å². The molecule has 2 aromatic rings. The van der Waals surface area contributed by atoms with Gasteiger partial charge in [0.25, 0.3) is 0 Å². The van der Waals surface area contributed by atoms with E-state index in [1.165, 1.54) is 16.3 Å². The molecule has 0 amide bonds. The number of thiazole rings is 1. The van der Waals surface area contributed by atoms with Gasteiger partial charge < -0.3 is 10.0 Å². The molecule has 0 unspecified atom stereocenters. The number of aliphatic carboxylic acids is 1. The normalized spacial score (nSPS) is 14.6. The summed E-state index contributed by atoms with van der Waals surface area (Å²) in [6, 6.07) is 0. The maximum absolute atomic E-state index is 10.6. The lowest BCUT2D eigenvalue weighted by Crippen LogP contribution is -2.26. The Kier molecular flexibility index (Phi) is 7.08. The number of alkyl halides is 3. The molecule has 0 saturated carbocycles. The smallest absolute Gasteiger partial charge is 0.475 e. The number of rotatable bonds is 3. The first kappa shape index (κ1) is 21.0. The average Bonchev–Trinajstić information content (AvgIpc) is 3.01. The molecule has 0 aromatic carbocycles. The van der Waals surface area contributed by atoms with Gasteiger partial charge in [-0.3, -0.25) is 4.90 Å². The second kappa shape index (κ2) is 9.09. The molecular formula is C16H20F3N5O2S. The first-order chi connectivity index (χ1) is 12.7. The highest BCUT2D eigenvalue weighted by Gasteiger charge is 2.38. The van der Waals surface area contributed by atoms with Crippen LogP contribution < -0.4 is 4.90 Å². The van der Waals surface area contributed by atoms with Crippen LogP contribution in [0.25, 0.3) is 0 Å². The fourth-order valence-electron chi connectivity index (χ4n) is 2.62. The minimum atomic E-state index is -5.08. The summed E-state index contributed by atoms with van der Waals surface area (Å²) in [6.45, 7) is 3.02. The Bertz CT molecular complexity index is 753. The first-order valence-electron chi connectivity index (χ1n) is 8.09. The zero-order valence-electron chi connectivity index (χ0n) is 14.9. The van der Waals surface area contributed by atoms with Gasteiger partial charge in [-0.15, -0.1) is 11.3 Å². The number of carboxylic acids is 1. The molecule has 11 heteroatoms. The van der Waals surface area contributed by atoms with Crippen LogP contribution in [0.15, 0.2) is 17.9 Å². The summed E-state index contributed by atoms with van der Waals surface area (Å²) in [5, 5.41) is 10.4. The molecule has 1 aliphatic heterocycles. The van der Waals surface area contributed by atoms with Crippen molar-refractivity contribution in [3.05, 3.63) is 34.2 Å². The van der Waals surface area contributed by atoms with E-state index < -0.39 is 12.1 Å². The van der Waals surface area contributed by atoms with Crippen molar-refractivity contribution in [3.63, 3.8) is 0 Å². The molecule has 27 heavy (non-hydrogen) atoms. The van der Waals surface area contributed by atoms with Crippen molar-refractivity contribution in [1.29, 1.82) is 0 Å². The summed E-state index contributed by atoms with van der Waals surface area (Å²) in [4.78, 5) is 26.7. The Balaban J connectivity index is 0.000000321. The number of nitrogens with zero attached hydrogens (tertiary/aromatic N) is 5. The Hall–Kier alpha value is -2.27. The molecule has 0 aliphatic carbocycles. The lowest BCUT2D eigenvalue weighted by Gasteiger charge is -2.18. The van der Waals surface area contributed by atoms with Gasteiger partial charge in [-0.1, -0.05) is 0 Å². The van der Waals surface area contributed by atoms with Gasteiger partial charge in [0.2, 0.25) is 0 Å². The molecule has 3 rings (SSSR count). The van der Waals surface area contributed by atoms with Gasteiger partial charge in [-0.25, -0.2) is 19.7 Å². The molecule has 0 fully saturated rings. The number of fused-ring (bicyclic) bond motifs is 1. The van der Waals surface area contributed by atoms with Crippen LogP contribution in [-0.2, 0) is 24.2 Å². The van der Waals surface area contributed by atoms with Crippen LogP contribution in [0.2, 0.25) is 0 Å². The Labute approximate surface area is 158 Å². The predicted octanol–water partition coefficient (Wildman–Crippen LogP) is 2.23. The molecule has 7 nitrogen and oxygen atoms in total. The Morgan fingerprint density at radius 2 is 1.93 bits per heavy atom. The molecule has 0 saturated heterocycles. The second-order valence-corrected chi connectivity index (χ2v) is 7.00. The van der Waals surface area contributed by atoms with E-state index in [2.05, 4.69) is 24.8 Å². The van der Waals surface area contributed by atoms with Crippen molar-refractivity contribution in [3.8, 4) is 0 Å². The lowest BCUT2D eigenvalue weighted by atomic mass is 10.1. The van der Waals surface area contributed by atoms with Crippen LogP contribution in [0.1, 0.15) is 16.3 Å². The average molecular weight is 403 g/mol. The zero-order chi connectivity index (χ0) is 20.0. The molecule has 0 radical (unpaired) electrons. The van der Waals surface area contributed by atoms with Crippen molar-refractivity contribution < 1.29 is 23.1 Å². The highest BCUT2D eigenvalue weighted by Crippen LogP contribution is 2.23. The lowest BCUT2D eigenvalue weighted by molar-refractivity contribution is -0.192. The third-order valence-electron chi connectivity index (χ3n) is 3.86. The van der Waals surface area contributed by atoms with Gasteiger partial charge in [-0.2, -0.15) is 13.2 Å². The number of anilines is 1. The van der Waals surface area contributed by atoms with Crippen LogP contribution in [0, 0.1) is 0 Å². The molecule has 3 heterocycles. The monoisotopic (exact) mass is 403 g/mol. The van der Waals surface area contributed by atoms with Crippen LogP contribution in [0.5, 0.6) is 0 Å². The predicted molar refractivity (Wildman–Crippen MR) is 94.8 cm³/mol. The third-order valence-corrected chi connectivity index (χ3v) is 4.63. The van der Waals surface area contributed by atoms with E-state index in [0.717, 1.165) is 38.3 Å². The van der Waals surface area contributed by atoms with E-state index in [9.17, 15) is 13.2 Å². The Morgan fingerprint density at radius 3 is 2.48 bits per heavy atom. The van der Waals surface area contributed by atoms with Gasteiger partial charge in [0.15, 0.2) is 0 Å². The standard InChI is InChI=1S/C14H19N5S.C2HF3O2/c1-18(2)14-11-3-6-19(9-13-15-5-8-20-13)7-4-12(11)16-10-17-14;3-2(4,5)1(6)7/h5,8,10H,3-4,6-7,9H2,1-2H3;(H,6,7). The SMILES string of the molecule is CN(C)c1ncnc2c1CCN(Cc1nccs1)CC2.O=C(O)C(F)(F)F. The molecular weight excluding hydrogens is 383 g/mol. The summed E-state index contributed by atoms with van der Waals surface area (Å²) in [7, 11) is 4.09. The maximum atomic E-state index is 10.6. The molecule has 1 N–H and O–H groups in total. The minimum Gasteiger partial charge on any atom is -0.475 e. The van der Waals surface area contributed by atoms with Crippen LogP contribution >= 0.6 is 11.3 Å². The minimum absolute atomic E-state index is 0.941. The fourth-order valence-corrected chi connectivity index (χ4v) is 3.28. The summed E-state index contributed by atoms with van der Waals surface area (Å²) < 4.78 is 31.7. The second-order valence-electron chi connectivity index (χ2n) is 6.02. The van der Waals surface area contributed by atoms with Crippen LogP contribution in [0.3, 0.4) is 0 Å². The van der Waals surface area contributed by atoms with Crippen molar-refractivity contribution in [2.45, 2.75) is 25.6 Å². The molecule has 0 atom stereocenters. The van der Waals surface area contributed by atoms with E-state index in [4.69, 9.17) is 9.90 Å². The van der Waals surface area contributed by atoms with Gasteiger partial charge in [0.1, 0.15) is 17.2 Å². The molecule has 1 aliphatic rings. The van der Waals surface area contributed by atoms with Crippen LogP contribution in [0.4, 0.5) is 19.0 Å². The highest BCUT2D eigenvalue weighted by molar-refractivity contribution is 7.09. The highest BCUT2D eigenvalue weighted by atomic mass is 32.1. The first-order valence-corrected chi connectivity index (χ1v) is 8.97. The quantitative estimate of drug-likeness (QED) is 0.842. The zero-order valence-corrected chi connectivity index (χ0v) is 15.7. The van der Waals surface area contributed by atoms with Gasteiger partial charge >= 0.3 is 12.1 Å². The molecule has 148 valence electrons. The van der Waals surface area contributed by atoms with E-state index in [1.54, 1.807) is 17.7 Å². The van der Waals surface area contributed by atoms with E-state index in [1.807, 2.05) is 25.7 Å². The topological polar surface area (TPSA) is 82.5 Å². The van der Waals surface area contributed by atoms with Crippen molar-refractivity contribution >= 4 is 23.1 Å². The fraction of sp³-hybridized carbons (Fsp3) is 0.500. The number of hydrogen-bond acceptors (Lipinski definition) is 7. The number of aromatic nitrogens is 3. The van der Waals surface area contributed by atoms with E-state index in [-0.39, 0.29) is 0 Å². The number of carboxylic acid groups (broad SMARTS) is 1. The number of halogens is 3. The van der Waals surface area contributed by atoms with E-state index in [0.29, 0.717) is 0 Å².